The van der Waals surface area contributed by atoms with E-state index in [1.807, 2.05) is 0 Å². The Bertz CT molecular complexity index is 343. The van der Waals surface area contributed by atoms with Gasteiger partial charge in [0.1, 0.15) is 0 Å². The fraction of sp³-hybridized carbons (Fsp3) is 0.286. The highest BCUT2D eigenvalue weighted by molar-refractivity contribution is 5.67. The molecule has 0 aliphatic rings. The Labute approximate surface area is 87.0 Å². The molecular weight excluding hydrogens is 168 g/mol. The van der Waals surface area contributed by atoms with E-state index in [1.165, 1.54) is 16.7 Å². The lowest BCUT2D eigenvalue weighted by Gasteiger charge is -2.04. The normalized spacial score (nSPS) is 12.4. The smallest absolute Gasteiger partial charge is 0.0198 e. The molecule has 1 aromatic rings. The van der Waals surface area contributed by atoms with Crippen molar-refractivity contribution in [3.8, 4) is 0 Å². The Hall–Kier alpha value is -1.30. The van der Waals surface area contributed by atoms with Crippen LogP contribution in [0.25, 0.3) is 5.57 Å². The fourth-order valence-electron chi connectivity index (χ4n) is 1.45. The molecule has 0 saturated carbocycles. The second-order valence-electron chi connectivity index (χ2n) is 3.50. The predicted octanol–water partition coefficient (Wildman–Crippen LogP) is 4.36. The van der Waals surface area contributed by atoms with Gasteiger partial charge in [-0.1, -0.05) is 49.4 Å². The summed E-state index contributed by atoms with van der Waals surface area (Å²) in [5, 5.41) is 0. The Morgan fingerprint density at radius 3 is 2.64 bits per heavy atom. The minimum Gasteiger partial charge on any atom is -0.0848 e. The van der Waals surface area contributed by atoms with Crippen LogP contribution >= 0.6 is 0 Å². The van der Waals surface area contributed by atoms with Crippen molar-refractivity contribution in [3.63, 3.8) is 0 Å². The minimum atomic E-state index is 1.09. The van der Waals surface area contributed by atoms with E-state index < -0.39 is 0 Å². The minimum absolute atomic E-state index is 1.09. The highest BCUT2D eigenvalue weighted by Gasteiger charge is 1.96. The van der Waals surface area contributed by atoms with Crippen LogP contribution in [-0.2, 0) is 0 Å². The van der Waals surface area contributed by atoms with Gasteiger partial charge in [0.25, 0.3) is 0 Å². The third kappa shape index (κ3) is 2.88. The van der Waals surface area contributed by atoms with Crippen LogP contribution in [0.5, 0.6) is 0 Å². The van der Waals surface area contributed by atoms with Gasteiger partial charge in [0.05, 0.1) is 0 Å². The summed E-state index contributed by atoms with van der Waals surface area (Å²) in [5.41, 5.74) is 4.01. The van der Waals surface area contributed by atoms with Crippen LogP contribution in [0.15, 0.2) is 42.5 Å². The first-order chi connectivity index (χ1) is 6.75. The molecule has 0 aliphatic heterocycles. The quantitative estimate of drug-likeness (QED) is 0.615. The van der Waals surface area contributed by atoms with Crippen molar-refractivity contribution < 1.29 is 0 Å². The zero-order chi connectivity index (χ0) is 10.4. The van der Waals surface area contributed by atoms with Crippen molar-refractivity contribution in [3.05, 3.63) is 53.6 Å². The van der Waals surface area contributed by atoms with E-state index in [0.29, 0.717) is 0 Å². The fourth-order valence-corrected chi connectivity index (χ4v) is 1.45. The van der Waals surface area contributed by atoms with Crippen molar-refractivity contribution in [2.75, 3.05) is 0 Å². The molecule has 0 unspecified atom stereocenters. The number of benzene rings is 1. The van der Waals surface area contributed by atoms with Gasteiger partial charge in [0, 0.05) is 0 Å². The largest absolute Gasteiger partial charge is 0.0848 e. The molecule has 0 bridgehead atoms. The molecule has 0 amide bonds. The maximum Gasteiger partial charge on any atom is -0.0198 e. The molecule has 74 valence electrons. The molecule has 0 nitrogen and oxygen atoms in total. The zero-order valence-corrected chi connectivity index (χ0v) is 9.25. The lowest BCUT2D eigenvalue weighted by atomic mass is 10.0. The summed E-state index contributed by atoms with van der Waals surface area (Å²) in [4.78, 5) is 0. The van der Waals surface area contributed by atoms with Crippen LogP contribution in [0.2, 0.25) is 0 Å². The standard InChI is InChI=1S/C14H18/c1-4-5-6-9-12(2)14-11-8-7-10-13(14)3/h5-11H,4H2,1-3H3. The van der Waals surface area contributed by atoms with Crippen LogP contribution in [0.3, 0.4) is 0 Å². The van der Waals surface area contributed by atoms with Crippen molar-refractivity contribution in [1.29, 1.82) is 0 Å². The number of rotatable bonds is 3. The molecule has 0 aliphatic carbocycles. The third-order valence-corrected chi connectivity index (χ3v) is 2.29. The zero-order valence-electron chi connectivity index (χ0n) is 9.25. The van der Waals surface area contributed by atoms with Gasteiger partial charge in [-0.3, -0.25) is 0 Å². The second-order valence-corrected chi connectivity index (χ2v) is 3.50. The molecule has 0 spiro atoms. The van der Waals surface area contributed by atoms with E-state index in [9.17, 15) is 0 Å². The molecule has 14 heavy (non-hydrogen) atoms. The second kappa shape index (κ2) is 5.43. The molecule has 0 fully saturated rings. The monoisotopic (exact) mass is 186 g/mol. The van der Waals surface area contributed by atoms with Gasteiger partial charge in [-0.05, 0) is 37.0 Å². The highest BCUT2D eigenvalue weighted by Crippen LogP contribution is 2.17. The van der Waals surface area contributed by atoms with Crippen LogP contribution in [-0.4, -0.2) is 0 Å². The number of hydrogen-bond donors (Lipinski definition) is 0. The molecule has 1 rings (SSSR count). The predicted molar refractivity (Wildman–Crippen MR) is 64.3 cm³/mol. The van der Waals surface area contributed by atoms with E-state index in [-0.39, 0.29) is 0 Å². The van der Waals surface area contributed by atoms with Gasteiger partial charge < -0.3 is 0 Å². The molecule has 0 heteroatoms. The van der Waals surface area contributed by atoms with E-state index in [0.717, 1.165) is 6.42 Å². The summed E-state index contributed by atoms with van der Waals surface area (Å²) in [6.45, 7) is 6.45. The first kappa shape index (κ1) is 10.8. The number of hydrogen-bond acceptors (Lipinski definition) is 0. The molecule has 0 heterocycles. The molecule has 1 aromatic carbocycles. The average Bonchev–Trinajstić information content (AvgIpc) is 2.18. The Morgan fingerprint density at radius 2 is 2.00 bits per heavy atom. The molecule has 0 saturated heterocycles. The van der Waals surface area contributed by atoms with Crippen molar-refractivity contribution in [2.45, 2.75) is 27.2 Å². The Morgan fingerprint density at radius 1 is 1.29 bits per heavy atom. The summed E-state index contributed by atoms with van der Waals surface area (Å²) in [6, 6.07) is 8.48. The van der Waals surface area contributed by atoms with E-state index in [4.69, 9.17) is 0 Å². The molecule has 0 atom stereocenters. The molecule has 0 N–H and O–H groups in total. The van der Waals surface area contributed by atoms with E-state index >= 15 is 0 Å². The summed E-state index contributed by atoms with van der Waals surface area (Å²) >= 11 is 0. The lowest BCUT2D eigenvalue weighted by Crippen LogP contribution is -1.83. The van der Waals surface area contributed by atoms with Gasteiger partial charge in [-0.15, -0.1) is 0 Å². The summed E-state index contributed by atoms with van der Waals surface area (Å²) in [6.07, 6.45) is 7.56. The lowest BCUT2D eigenvalue weighted by molar-refractivity contribution is 1.22. The third-order valence-electron chi connectivity index (χ3n) is 2.29. The molecule has 0 aromatic heterocycles. The molecule has 0 radical (unpaired) electrons. The van der Waals surface area contributed by atoms with Crippen molar-refractivity contribution >= 4 is 5.57 Å². The van der Waals surface area contributed by atoms with Crippen molar-refractivity contribution in [1.82, 2.24) is 0 Å². The van der Waals surface area contributed by atoms with Crippen LogP contribution in [0.4, 0.5) is 0 Å². The average molecular weight is 186 g/mol. The summed E-state index contributed by atoms with van der Waals surface area (Å²) < 4.78 is 0. The number of allylic oxidation sites excluding steroid dienone is 4. The Kier molecular flexibility index (Phi) is 4.18. The molecular formula is C14H18. The highest BCUT2D eigenvalue weighted by atomic mass is 14.0. The van der Waals surface area contributed by atoms with E-state index in [1.54, 1.807) is 0 Å². The van der Waals surface area contributed by atoms with E-state index in [2.05, 4.69) is 63.3 Å². The summed E-state index contributed by atoms with van der Waals surface area (Å²) in [7, 11) is 0. The van der Waals surface area contributed by atoms with Gasteiger partial charge in [0.2, 0.25) is 0 Å². The van der Waals surface area contributed by atoms with Crippen LogP contribution in [0.1, 0.15) is 31.4 Å². The van der Waals surface area contributed by atoms with Gasteiger partial charge in [-0.25, -0.2) is 0 Å². The first-order valence-electron chi connectivity index (χ1n) is 5.15. The maximum absolute atomic E-state index is 2.17. The topological polar surface area (TPSA) is 0 Å². The van der Waals surface area contributed by atoms with Gasteiger partial charge in [0.15, 0.2) is 0 Å². The SMILES string of the molecule is CCC=CC=C(C)c1ccccc1C. The first-order valence-corrected chi connectivity index (χ1v) is 5.15. The van der Waals surface area contributed by atoms with Crippen molar-refractivity contribution in [2.24, 2.45) is 0 Å². The maximum atomic E-state index is 2.17. The number of aryl methyl sites for hydroxylation is 1. The van der Waals surface area contributed by atoms with Gasteiger partial charge >= 0.3 is 0 Å². The summed E-state index contributed by atoms with van der Waals surface area (Å²) in [5.74, 6) is 0. The van der Waals surface area contributed by atoms with Crippen LogP contribution < -0.4 is 0 Å². The van der Waals surface area contributed by atoms with Crippen LogP contribution in [0, 0.1) is 6.92 Å². The van der Waals surface area contributed by atoms with Gasteiger partial charge in [-0.2, -0.15) is 0 Å². The Balaban J connectivity index is 2.89.